The minimum Gasteiger partial charge on any atom is -0.358 e. The van der Waals surface area contributed by atoms with E-state index in [1.807, 2.05) is 30.3 Å². The Bertz CT molecular complexity index is 1660. The van der Waals surface area contributed by atoms with Crippen LogP contribution >= 0.6 is 7.02 Å². The third-order valence-corrected chi connectivity index (χ3v) is 10.3. The number of fused-ring (bicyclic) bond motifs is 13. The zero-order chi connectivity index (χ0) is 20.3. The molecule has 5 aromatic rings. The molecule has 31 heavy (non-hydrogen) atoms. The fourth-order valence-electron chi connectivity index (χ4n) is 5.80. The van der Waals surface area contributed by atoms with E-state index >= 15 is 4.57 Å². The highest BCUT2D eigenvalue weighted by molar-refractivity contribution is 8.07. The number of rotatable bonds is 0. The van der Waals surface area contributed by atoms with Crippen LogP contribution < -0.4 is 15.4 Å². The molecule has 0 fully saturated rings. The van der Waals surface area contributed by atoms with Gasteiger partial charge in [0.05, 0.1) is 11.0 Å². The van der Waals surface area contributed by atoms with Gasteiger partial charge < -0.3 is 13.9 Å². The van der Waals surface area contributed by atoms with E-state index in [1.54, 1.807) is 0 Å². The van der Waals surface area contributed by atoms with Crippen LogP contribution in [-0.2, 0) is 4.57 Å². The van der Waals surface area contributed by atoms with Gasteiger partial charge in [-0.1, -0.05) is 60.7 Å². The van der Waals surface area contributed by atoms with Gasteiger partial charge in [0.2, 0.25) is 0 Å². The van der Waals surface area contributed by atoms with E-state index < -0.39 is 7.02 Å². The monoisotopic (exact) mass is 415 g/mol. The summed E-state index contributed by atoms with van der Waals surface area (Å²) >= 11 is 0. The van der Waals surface area contributed by atoms with E-state index in [1.165, 1.54) is 0 Å². The minimum absolute atomic E-state index is 0.343. The zero-order valence-electron chi connectivity index (χ0n) is 16.4. The second kappa shape index (κ2) is 5.19. The molecule has 1 unspecified atom stereocenters. The van der Waals surface area contributed by atoms with Crippen molar-refractivity contribution in [2.75, 3.05) is 4.81 Å². The number of imidazole rings is 1. The lowest BCUT2D eigenvalue weighted by molar-refractivity contribution is 0.594. The fourth-order valence-corrected chi connectivity index (χ4v) is 9.59. The van der Waals surface area contributed by atoms with Crippen molar-refractivity contribution in [2.45, 2.75) is 0 Å². The highest BCUT2D eigenvalue weighted by Gasteiger charge is 2.62. The second-order valence-electron chi connectivity index (χ2n) is 8.38. The van der Waals surface area contributed by atoms with Crippen LogP contribution in [0.3, 0.4) is 0 Å². The fraction of sp³-hybridized carbons (Fsp3) is 0. The molecule has 0 amide bonds. The number of aromatic nitrogens is 2. The number of benzene rings is 4. The van der Waals surface area contributed by atoms with Crippen molar-refractivity contribution in [1.29, 1.82) is 0 Å². The molecule has 0 saturated carbocycles. The molecule has 4 nitrogen and oxygen atoms in total. The Kier molecular flexibility index (Phi) is 2.71. The number of hydrogen-bond donors (Lipinski definition) is 0. The normalized spacial score (nSPS) is 19.1. The Hall–Kier alpha value is -3.56. The number of anilines is 2. The summed E-state index contributed by atoms with van der Waals surface area (Å²) in [5, 5.41) is 1.97. The second-order valence-corrected chi connectivity index (χ2v) is 11.1. The van der Waals surface area contributed by atoms with Gasteiger partial charge in [-0.15, -0.1) is 0 Å². The van der Waals surface area contributed by atoms with E-state index in [4.69, 9.17) is 4.98 Å². The molecule has 144 valence electrons. The van der Waals surface area contributed by atoms with Crippen molar-refractivity contribution < 1.29 is 4.57 Å². The molecule has 1 aromatic heterocycles. The Balaban J connectivity index is 1.60. The topological polar surface area (TPSA) is 38.1 Å². The first kappa shape index (κ1) is 16.2. The van der Waals surface area contributed by atoms with Crippen LogP contribution in [0.4, 0.5) is 11.4 Å². The standard InChI is InChI=1S/C25H15BN3OP/c30-31-23-15-6-2-8-16(23)17-10-7-14-22(24(17)31)28-20-12-4-1-9-18(20)25-27-19-11-3-5-13-21(19)29(25)26(28)31/h1-15H. The lowest BCUT2D eigenvalue weighted by Crippen LogP contribution is -2.44. The van der Waals surface area contributed by atoms with Gasteiger partial charge in [0.25, 0.3) is 0 Å². The maximum absolute atomic E-state index is 15.3. The summed E-state index contributed by atoms with van der Waals surface area (Å²) in [7, 11) is -2.98. The SMILES string of the molecule is O=P12B3N(c4ccccc4-c4nc5ccccc5n43)c3cccc(c31)-c1ccccc12. The number of hydrogen-bond acceptors (Lipinski definition) is 3. The highest BCUT2D eigenvalue weighted by atomic mass is 31.2. The van der Waals surface area contributed by atoms with E-state index in [0.717, 1.165) is 55.5 Å². The maximum Gasteiger partial charge on any atom is 0.466 e. The predicted octanol–water partition coefficient (Wildman–Crippen LogP) is 5.00. The zero-order valence-corrected chi connectivity index (χ0v) is 17.3. The summed E-state index contributed by atoms with van der Waals surface area (Å²) in [5.41, 5.74) is 7.37. The third kappa shape index (κ3) is 1.66. The Morgan fingerprint density at radius 2 is 1.42 bits per heavy atom. The van der Waals surface area contributed by atoms with Crippen molar-refractivity contribution in [2.24, 2.45) is 0 Å². The molecular formula is C25H15BN3OP. The largest absolute Gasteiger partial charge is 0.466 e. The van der Waals surface area contributed by atoms with Gasteiger partial charge >= 0.3 is 6.70 Å². The van der Waals surface area contributed by atoms with Crippen molar-refractivity contribution in [3.05, 3.63) is 91.0 Å². The molecular weight excluding hydrogens is 400 g/mol. The first-order valence-electron chi connectivity index (χ1n) is 10.5. The van der Waals surface area contributed by atoms with Gasteiger partial charge in [-0.2, -0.15) is 0 Å². The van der Waals surface area contributed by atoms with Crippen molar-refractivity contribution >= 4 is 46.7 Å². The quantitative estimate of drug-likeness (QED) is 0.264. The van der Waals surface area contributed by atoms with E-state index in [0.29, 0.717) is 0 Å². The third-order valence-electron chi connectivity index (χ3n) is 6.95. The smallest absolute Gasteiger partial charge is 0.358 e. The average molecular weight is 415 g/mol. The molecule has 0 aliphatic carbocycles. The molecule has 0 N–H and O–H groups in total. The first-order valence-corrected chi connectivity index (χ1v) is 12.2. The summed E-state index contributed by atoms with van der Waals surface area (Å²) in [4.78, 5) is 7.30. The van der Waals surface area contributed by atoms with Gasteiger partial charge in [0.1, 0.15) is 5.82 Å². The van der Waals surface area contributed by atoms with Gasteiger partial charge in [-0.3, -0.25) is 0 Å². The van der Waals surface area contributed by atoms with Gasteiger partial charge in [-0.05, 0) is 41.5 Å². The molecule has 4 heterocycles. The summed E-state index contributed by atoms with van der Waals surface area (Å²) in [6.07, 6.45) is 0. The van der Waals surface area contributed by atoms with Gasteiger partial charge in [0, 0.05) is 27.5 Å². The van der Waals surface area contributed by atoms with Crippen molar-refractivity contribution in [1.82, 2.24) is 9.46 Å². The minimum atomic E-state index is -2.98. The lowest BCUT2D eigenvalue weighted by atomic mass is 9.92. The van der Waals surface area contributed by atoms with Crippen LogP contribution in [0.1, 0.15) is 0 Å². The van der Waals surface area contributed by atoms with Crippen molar-refractivity contribution in [3.63, 3.8) is 0 Å². The Labute approximate surface area is 179 Å². The summed E-state index contributed by atoms with van der Waals surface area (Å²) in [5.74, 6) is 0.895. The summed E-state index contributed by atoms with van der Waals surface area (Å²) in [6.45, 7) is -0.343. The molecule has 4 aromatic carbocycles. The molecule has 0 spiro atoms. The van der Waals surface area contributed by atoms with Crippen LogP contribution in [-0.4, -0.2) is 16.2 Å². The van der Waals surface area contributed by atoms with Crippen LogP contribution in [0.15, 0.2) is 91.0 Å². The van der Waals surface area contributed by atoms with Crippen LogP contribution in [0.5, 0.6) is 0 Å². The molecule has 0 radical (unpaired) electrons. The van der Waals surface area contributed by atoms with E-state index in [-0.39, 0.29) is 6.70 Å². The first-order chi connectivity index (χ1) is 15.3. The lowest BCUT2D eigenvalue weighted by Gasteiger charge is -2.35. The predicted molar refractivity (Wildman–Crippen MR) is 127 cm³/mol. The van der Waals surface area contributed by atoms with Crippen molar-refractivity contribution in [3.8, 4) is 22.5 Å². The van der Waals surface area contributed by atoms with Gasteiger partial charge in [0.15, 0.2) is 7.02 Å². The van der Waals surface area contributed by atoms with Crippen LogP contribution in [0.25, 0.3) is 33.5 Å². The molecule has 0 saturated heterocycles. The Morgan fingerprint density at radius 1 is 0.710 bits per heavy atom. The molecule has 0 bridgehead atoms. The molecule has 3 aliphatic heterocycles. The molecule has 6 heteroatoms. The number of nitrogens with zero attached hydrogens (tertiary/aromatic N) is 3. The van der Waals surface area contributed by atoms with Crippen LogP contribution in [0, 0.1) is 0 Å². The Morgan fingerprint density at radius 3 is 2.35 bits per heavy atom. The molecule has 3 aliphatic rings. The van der Waals surface area contributed by atoms with Gasteiger partial charge in [-0.25, -0.2) is 4.98 Å². The van der Waals surface area contributed by atoms with E-state index in [9.17, 15) is 0 Å². The summed E-state index contributed by atoms with van der Waals surface area (Å²) in [6, 6.07) is 31.1. The maximum atomic E-state index is 15.3. The molecule has 1 atom stereocenters. The molecule has 8 rings (SSSR count). The average Bonchev–Trinajstić information content (AvgIpc) is 3.42. The summed E-state index contributed by atoms with van der Waals surface area (Å²) < 4.78 is 17.5. The highest BCUT2D eigenvalue weighted by Crippen LogP contribution is 2.66. The van der Waals surface area contributed by atoms with E-state index in [2.05, 4.69) is 70.0 Å². The van der Waals surface area contributed by atoms with Crippen LogP contribution in [0.2, 0.25) is 0 Å². The number of para-hydroxylation sites is 3.